The number of esters is 1. The van der Waals surface area contributed by atoms with Crippen molar-refractivity contribution in [3.63, 3.8) is 0 Å². The molecule has 1 unspecified atom stereocenters. The van der Waals surface area contributed by atoms with Gasteiger partial charge in [0.1, 0.15) is 0 Å². The molecular weight excluding hydrogens is 204 g/mol. The molecule has 1 fully saturated rings. The third-order valence-corrected chi connectivity index (χ3v) is 2.98. The van der Waals surface area contributed by atoms with E-state index in [1.807, 2.05) is 0 Å². The maximum atomic E-state index is 11.7. The molecule has 0 bridgehead atoms. The summed E-state index contributed by atoms with van der Waals surface area (Å²) in [6, 6.07) is 0. The van der Waals surface area contributed by atoms with Crippen LogP contribution in [0.5, 0.6) is 0 Å². The van der Waals surface area contributed by atoms with Crippen molar-refractivity contribution in [1.82, 2.24) is 10.2 Å². The number of nitrogens with zero attached hydrogens (tertiary/aromatic N) is 1. The van der Waals surface area contributed by atoms with E-state index in [0.717, 1.165) is 39.1 Å². The van der Waals surface area contributed by atoms with E-state index < -0.39 is 0 Å². The van der Waals surface area contributed by atoms with Crippen molar-refractivity contribution >= 4 is 5.97 Å². The number of carbonyl (C=O) groups is 1. The molecule has 0 radical (unpaired) electrons. The summed E-state index contributed by atoms with van der Waals surface area (Å²) in [7, 11) is 1.48. The van der Waals surface area contributed by atoms with Gasteiger partial charge in [0.2, 0.25) is 0 Å². The van der Waals surface area contributed by atoms with E-state index in [2.05, 4.69) is 24.1 Å². The van der Waals surface area contributed by atoms with Crippen LogP contribution < -0.4 is 5.32 Å². The zero-order chi connectivity index (χ0) is 12.0. The smallest absolute Gasteiger partial charge is 0.309 e. The van der Waals surface area contributed by atoms with Gasteiger partial charge in [0, 0.05) is 32.7 Å². The van der Waals surface area contributed by atoms with Crippen molar-refractivity contribution in [2.45, 2.75) is 20.3 Å². The van der Waals surface area contributed by atoms with E-state index in [1.54, 1.807) is 0 Å². The molecule has 0 saturated carbocycles. The van der Waals surface area contributed by atoms with Crippen molar-refractivity contribution in [2.24, 2.45) is 11.8 Å². The molecule has 4 nitrogen and oxygen atoms in total. The highest BCUT2D eigenvalue weighted by Crippen LogP contribution is 2.15. The molecule has 16 heavy (non-hydrogen) atoms. The Bertz CT molecular complexity index is 213. The zero-order valence-electron chi connectivity index (χ0n) is 10.7. The van der Waals surface area contributed by atoms with E-state index in [4.69, 9.17) is 4.74 Å². The van der Waals surface area contributed by atoms with Crippen LogP contribution in [0.1, 0.15) is 20.3 Å². The molecule has 0 spiro atoms. The number of nitrogens with one attached hydrogen (secondary N) is 1. The van der Waals surface area contributed by atoms with Crippen LogP contribution in [0.4, 0.5) is 0 Å². The summed E-state index contributed by atoms with van der Waals surface area (Å²) in [5, 5.41) is 3.31. The van der Waals surface area contributed by atoms with Gasteiger partial charge in [-0.05, 0) is 12.3 Å². The molecule has 94 valence electrons. The van der Waals surface area contributed by atoms with Crippen LogP contribution in [0.15, 0.2) is 0 Å². The number of methoxy groups -OCH3 is 1. The molecule has 1 rings (SSSR count). The Morgan fingerprint density at radius 3 is 2.50 bits per heavy atom. The average Bonchev–Trinajstić information content (AvgIpc) is 2.28. The van der Waals surface area contributed by atoms with Crippen LogP contribution in [0.3, 0.4) is 0 Å². The summed E-state index contributed by atoms with van der Waals surface area (Å²) in [6.07, 6.45) is 0.913. The van der Waals surface area contributed by atoms with Gasteiger partial charge in [-0.1, -0.05) is 13.8 Å². The standard InChI is InChI=1S/C12H24N2O2/c1-10(2)8-11(12(15)16-3)9-14-6-4-13-5-7-14/h10-11,13H,4-9H2,1-3H3. The molecule has 1 atom stereocenters. The van der Waals surface area contributed by atoms with Gasteiger partial charge in [-0.3, -0.25) is 9.69 Å². The zero-order valence-corrected chi connectivity index (χ0v) is 10.7. The van der Waals surface area contributed by atoms with Crippen molar-refractivity contribution in [3.05, 3.63) is 0 Å². The Labute approximate surface area is 98.3 Å². The highest BCUT2D eigenvalue weighted by molar-refractivity contribution is 5.72. The minimum absolute atomic E-state index is 0.0306. The van der Waals surface area contributed by atoms with Crippen LogP contribution in [0, 0.1) is 11.8 Å². The van der Waals surface area contributed by atoms with Gasteiger partial charge in [0.05, 0.1) is 13.0 Å². The largest absolute Gasteiger partial charge is 0.469 e. The fourth-order valence-corrected chi connectivity index (χ4v) is 2.19. The predicted octanol–water partition coefficient (Wildman–Crippen LogP) is 0.727. The Hall–Kier alpha value is -0.610. The topological polar surface area (TPSA) is 41.6 Å². The van der Waals surface area contributed by atoms with Crippen molar-refractivity contribution in [2.75, 3.05) is 39.8 Å². The van der Waals surface area contributed by atoms with Gasteiger partial charge in [0.15, 0.2) is 0 Å². The van der Waals surface area contributed by atoms with Crippen molar-refractivity contribution in [1.29, 1.82) is 0 Å². The summed E-state index contributed by atoms with van der Waals surface area (Å²) in [5.74, 6) is 0.502. The molecule has 4 heteroatoms. The van der Waals surface area contributed by atoms with Gasteiger partial charge >= 0.3 is 5.97 Å². The van der Waals surface area contributed by atoms with Gasteiger partial charge in [-0.15, -0.1) is 0 Å². The Kier molecular flexibility index (Phi) is 5.77. The average molecular weight is 228 g/mol. The first kappa shape index (κ1) is 13.5. The lowest BCUT2D eigenvalue weighted by Crippen LogP contribution is -2.46. The van der Waals surface area contributed by atoms with Crippen LogP contribution >= 0.6 is 0 Å². The van der Waals surface area contributed by atoms with Gasteiger partial charge in [-0.25, -0.2) is 0 Å². The van der Waals surface area contributed by atoms with Crippen molar-refractivity contribution < 1.29 is 9.53 Å². The molecule has 0 aromatic rings. The molecule has 1 aliphatic rings. The monoisotopic (exact) mass is 228 g/mol. The molecular formula is C12H24N2O2. The second kappa shape index (κ2) is 6.86. The number of hydrogen-bond acceptors (Lipinski definition) is 4. The Morgan fingerprint density at radius 2 is 2.00 bits per heavy atom. The summed E-state index contributed by atoms with van der Waals surface area (Å²) >= 11 is 0. The summed E-state index contributed by atoms with van der Waals surface area (Å²) in [6.45, 7) is 9.25. The Balaban J connectivity index is 2.44. The maximum absolute atomic E-state index is 11.7. The van der Waals surface area contributed by atoms with Gasteiger partial charge < -0.3 is 10.1 Å². The number of piperazine rings is 1. The molecule has 1 heterocycles. The molecule has 0 aliphatic carbocycles. The first-order valence-electron chi connectivity index (χ1n) is 6.14. The third kappa shape index (κ3) is 4.49. The van der Waals surface area contributed by atoms with Gasteiger partial charge in [-0.2, -0.15) is 0 Å². The minimum atomic E-state index is -0.0627. The van der Waals surface area contributed by atoms with E-state index in [1.165, 1.54) is 7.11 Å². The van der Waals surface area contributed by atoms with E-state index in [0.29, 0.717) is 5.92 Å². The Morgan fingerprint density at radius 1 is 1.38 bits per heavy atom. The highest BCUT2D eigenvalue weighted by atomic mass is 16.5. The fourth-order valence-electron chi connectivity index (χ4n) is 2.19. The van der Waals surface area contributed by atoms with E-state index in [-0.39, 0.29) is 11.9 Å². The first-order valence-corrected chi connectivity index (χ1v) is 6.14. The van der Waals surface area contributed by atoms with Crippen LogP contribution in [-0.4, -0.2) is 50.7 Å². The maximum Gasteiger partial charge on any atom is 0.309 e. The lowest BCUT2D eigenvalue weighted by molar-refractivity contribution is -0.146. The summed E-state index contributed by atoms with van der Waals surface area (Å²) < 4.78 is 4.87. The fraction of sp³-hybridized carbons (Fsp3) is 0.917. The lowest BCUT2D eigenvalue weighted by atomic mass is 9.96. The number of rotatable bonds is 5. The summed E-state index contributed by atoms with van der Waals surface area (Å²) in [5.41, 5.74) is 0. The molecule has 1 N–H and O–H groups in total. The predicted molar refractivity (Wildman–Crippen MR) is 64.3 cm³/mol. The second-order valence-electron chi connectivity index (χ2n) is 4.90. The summed E-state index contributed by atoms with van der Waals surface area (Å²) in [4.78, 5) is 14.0. The van der Waals surface area contributed by atoms with Crippen LogP contribution in [0.25, 0.3) is 0 Å². The number of hydrogen-bond donors (Lipinski definition) is 1. The molecule has 1 aliphatic heterocycles. The molecule has 0 aromatic heterocycles. The second-order valence-corrected chi connectivity index (χ2v) is 4.90. The quantitative estimate of drug-likeness (QED) is 0.704. The van der Waals surface area contributed by atoms with Crippen LogP contribution in [-0.2, 0) is 9.53 Å². The first-order chi connectivity index (χ1) is 7.63. The van der Waals surface area contributed by atoms with E-state index in [9.17, 15) is 4.79 Å². The lowest BCUT2D eigenvalue weighted by Gasteiger charge is -2.30. The third-order valence-electron chi connectivity index (χ3n) is 2.98. The SMILES string of the molecule is COC(=O)C(CC(C)C)CN1CCNCC1. The number of carbonyl (C=O) groups excluding carboxylic acids is 1. The molecule has 0 aromatic carbocycles. The normalized spacial score (nSPS) is 19.8. The van der Waals surface area contributed by atoms with Crippen LogP contribution in [0.2, 0.25) is 0 Å². The minimum Gasteiger partial charge on any atom is -0.469 e. The van der Waals surface area contributed by atoms with E-state index >= 15 is 0 Å². The van der Waals surface area contributed by atoms with Gasteiger partial charge in [0.25, 0.3) is 0 Å². The van der Waals surface area contributed by atoms with Crippen molar-refractivity contribution in [3.8, 4) is 0 Å². The molecule has 0 amide bonds. The number of ether oxygens (including phenoxy) is 1. The highest BCUT2D eigenvalue weighted by Gasteiger charge is 2.24. The molecule has 1 saturated heterocycles.